The monoisotopic (exact) mass is 273 g/mol. The van der Waals surface area contributed by atoms with E-state index in [-0.39, 0.29) is 5.41 Å². The van der Waals surface area contributed by atoms with Crippen LogP contribution in [0.1, 0.15) is 30.6 Å². The van der Waals surface area contributed by atoms with E-state index in [1.165, 1.54) is 0 Å². The van der Waals surface area contributed by atoms with Crippen molar-refractivity contribution >= 4 is 0 Å². The number of ether oxygens (including phenoxy) is 1. The van der Waals surface area contributed by atoms with Gasteiger partial charge in [-0.25, -0.2) is 0 Å². The molecule has 1 atom stereocenters. The highest BCUT2D eigenvalue weighted by molar-refractivity contribution is 5.35. The molecule has 0 spiro atoms. The maximum Gasteiger partial charge on any atom is 0.233 e. The highest BCUT2D eigenvalue weighted by Crippen LogP contribution is 2.29. The van der Waals surface area contributed by atoms with Crippen molar-refractivity contribution in [3.05, 3.63) is 41.5 Å². The molecular formula is C15H19N3O2. The molecule has 1 aliphatic heterocycles. The fourth-order valence-electron chi connectivity index (χ4n) is 2.59. The second kappa shape index (κ2) is 5.25. The topological polar surface area (TPSA) is 60.2 Å². The van der Waals surface area contributed by atoms with Crippen LogP contribution in [0.25, 0.3) is 0 Å². The van der Waals surface area contributed by atoms with Gasteiger partial charge in [-0.3, -0.25) is 0 Å². The average Bonchev–Trinajstić information content (AvgIpc) is 3.10. The van der Waals surface area contributed by atoms with Gasteiger partial charge in [0.1, 0.15) is 5.75 Å². The van der Waals surface area contributed by atoms with Gasteiger partial charge in [0.05, 0.1) is 12.5 Å². The molecule has 0 aliphatic carbocycles. The molecule has 106 valence electrons. The zero-order valence-corrected chi connectivity index (χ0v) is 11.8. The third kappa shape index (κ3) is 2.41. The maximum absolute atomic E-state index is 5.46. The van der Waals surface area contributed by atoms with Crippen molar-refractivity contribution in [1.82, 2.24) is 15.5 Å². The van der Waals surface area contributed by atoms with Crippen molar-refractivity contribution in [2.45, 2.75) is 25.2 Å². The van der Waals surface area contributed by atoms with Crippen LogP contribution in [0.4, 0.5) is 0 Å². The van der Waals surface area contributed by atoms with Crippen LogP contribution < -0.4 is 10.1 Å². The summed E-state index contributed by atoms with van der Waals surface area (Å²) in [6.07, 6.45) is 1.65. The average molecular weight is 273 g/mol. The molecule has 5 nitrogen and oxygen atoms in total. The first-order valence-corrected chi connectivity index (χ1v) is 6.87. The number of nitrogens with one attached hydrogen (secondary N) is 1. The molecule has 3 rings (SSSR count). The van der Waals surface area contributed by atoms with Gasteiger partial charge in [-0.15, -0.1) is 0 Å². The summed E-state index contributed by atoms with van der Waals surface area (Å²) in [6.45, 7) is 4.05. The Labute approximate surface area is 118 Å². The minimum Gasteiger partial charge on any atom is -0.496 e. The molecule has 0 bridgehead atoms. The number of aromatic nitrogens is 2. The summed E-state index contributed by atoms with van der Waals surface area (Å²) in [7, 11) is 1.67. The van der Waals surface area contributed by atoms with Gasteiger partial charge in [-0.2, -0.15) is 4.98 Å². The second-order valence-electron chi connectivity index (χ2n) is 5.49. The smallest absolute Gasteiger partial charge is 0.233 e. The SMILES string of the molecule is COc1ccccc1Cc1noc(C2(C)CCNC2)n1. The standard InChI is InChI=1S/C15H19N3O2/c1-15(7-8-16-10-15)14-17-13(18-20-14)9-11-5-3-4-6-12(11)19-2/h3-6,16H,7-10H2,1-2H3. The van der Waals surface area contributed by atoms with Crippen LogP contribution in [-0.4, -0.2) is 30.3 Å². The maximum atomic E-state index is 5.46. The summed E-state index contributed by atoms with van der Waals surface area (Å²) in [6, 6.07) is 7.91. The Hall–Kier alpha value is -1.88. The normalized spacial score (nSPS) is 22.1. The van der Waals surface area contributed by atoms with Crippen molar-refractivity contribution in [2.75, 3.05) is 20.2 Å². The molecule has 2 heterocycles. The van der Waals surface area contributed by atoms with E-state index >= 15 is 0 Å². The van der Waals surface area contributed by atoms with Gasteiger partial charge < -0.3 is 14.6 Å². The molecule has 0 radical (unpaired) electrons. The molecule has 1 unspecified atom stereocenters. The lowest BCUT2D eigenvalue weighted by atomic mass is 9.90. The molecule has 5 heteroatoms. The third-order valence-electron chi connectivity index (χ3n) is 3.89. The molecule has 1 aromatic heterocycles. The number of methoxy groups -OCH3 is 1. The highest BCUT2D eigenvalue weighted by Gasteiger charge is 2.36. The summed E-state index contributed by atoms with van der Waals surface area (Å²) in [4.78, 5) is 4.56. The number of benzene rings is 1. The van der Waals surface area contributed by atoms with Gasteiger partial charge in [0.2, 0.25) is 5.89 Å². The predicted octanol–water partition coefficient (Wildman–Crippen LogP) is 1.92. The Morgan fingerprint density at radius 2 is 2.25 bits per heavy atom. The first-order valence-electron chi connectivity index (χ1n) is 6.87. The van der Waals surface area contributed by atoms with Gasteiger partial charge in [0, 0.05) is 18.5 Å². The molecule has 1 fully saturated rings. The number of para-hydroxylation sites is 1. The lowest BCUT2D eigenvalue weighted by Gasteiger charge is -2.15. The van der Waals surface area contributed by atoms with Crippen LogP contribution in [0.3, 0.4) is 0 Å². The zero-order chi connectivity index (χ0) is 14.0. The lowest BCUT2D eigenvalue weighted by Crippen LogP contribution is -2.25. The Morgan fingerprint density at radius 1 is 1.40 bits per heavy atom. The highest BCUT2D eigenvalue weighted by atomic mass is 16.5. The molecule has 2 aromatic rings. The summed E-state index contributed by atoms with van der Waals surface area (Å²) < 4.78 is 10.8. The lowest BCUT2D eigenvalue weighted by molar-refractivity contribution is 0.304. The van der Waals surface area contributed by atoms with E-state index in [9.17, 15) is 0 Å². The van der Waals surface area contributed by atoms with E-state index < -0.39 is 0 Å². The van der Waals surface area contributed by atoms with E-state index in [0.717, 1.165) is 36.7 Å². The third-order valence-corrected chi connectivity index (χ3v) is 3.89. The Kier molecular flexibility index (Phi) is 3.44. The van der Waals surface area contributed by atoms with Gasteiger partial charge in [0.15, 0.2) is 5.82 Å². The molecule has 1 aromatic carbocycles. The molecule has 1 saturated heterocycles. The molecule has 0 saturated carbocycles. The number of hydrogen-bond donors (Lipinski definition) is 1. The Bertz CT molecular complexity index is 588. The minimum absolute atomic E-state index is 0.0357. The largest absolute Gasteiger partial charge is 0.496 e. The summed E-state index contributed by atoms with van der Waals surface area (Å²) in [5.74, 6) is 2.29. The van der Waals surface area contributed by atoms with Gasteiger partial charge in [-0.1, -0.05) is 23.4 Å². The van der Waals surface area contributed by atoms with Gasteiger partial charge in [0.25, 0.3) is 0 Å². The van der Waals surface area contributed by atoms with E-state index in [1.807, 2.05) is 24.3 Å². The Morgan fingerprint density at radius 3 is 3.00 bits per heavy atom. The molecule has 1 aliphatic rings. The van der Waals surface area contributed by atoms with Crippen molar-refractivity contribution < 1.29 is 9.26 Å². The van der Waals surface area contributed by atoms with Crippen molar-refractivity contribution in [2.24, 2.45) is 0 Å². The fourth-order valence-corrected chi connectivity index (χ4v) is 2.59. The van der Waals surface area contributed by atoms with Crippen molar-refractivity contribution in [3.8, 4) is 5.75 Å². The van der Waals surface area contributed by atoms with Crippen LogP contribution in [0.2, 0.25) is 0 Å². The summed E-state index contributed by atoms with van der Waals surface area (Å²) in [5.41, 5.74) is 1.03. The first-order chi connectivity index (χ1) is 9.71. The van der Waals surface area contributed by atoms with Crippen LogP contribution in [-0.2, 0) is 11.8 Å². The van der Waals surface area contributed by atoms with E-state index in [4.69, 9.17) is 9.26 Å². The quantitative estimate of drug-likeness (QED) is 0.922. The first kappa shape index (κ1) is 13.1. The van der Waals surface area contributed by atoms with E-state index in [2.05, 4.69) is 22.4 Å². The number of hydrogen-bond acceptors (Lipinski definition) is 5. The number of nitrogens with zero attached hydrogens (tertiary/aromatic N) is 2. The van der Waals surface area contributed by atoms with Gasteiger partial charge >= 0.3 is 0 Å². The molecule has 20 heavy (non-hydrogen) atoms. The summed E-state index contributed by atoms with van der Waals surface area (Å²) >= 11 is 0. The predicted molar refractivity (Wildman–Crippen MR) is 74.9 cm³/mol. The van der Waals surface area contributed by atoms with Crippen LogP contribution in [0.15, 0.2) is 28.8 Å². The van der Waals surface area contributed by atoms with E-state index in [0.29, 0.717) is 12.2 Å². The fraction of sp³-hybridized carbons (Fsp3) is 0.467. The van der Waals surface area contributed by atoms with Crippen LogP contribution >= 0.6 is 0 Å². The van der Waals surface area contributed by atoms with Crippen LogP contribution in [0.5, 0.6) is 5.75 Å². The van der Waals surface area contributed by atoms with Gasteiger partial charge in [-0.05, 0) is 26.0 Å². The molecule has 1 N–H and O–H groups in total. The Balaban J connectivity index is 1.80. The second-order valence-corrected chi connectivity index (χ2v) is 5.49. The minimum atomic E-state index is -0.0357. The molecular weight excluding hydrogens is 254 g/mol. The van der Waals surface area contributed by atoms with Crippen molar-refractivity contribution in [3.63, 3.8) is 0 Å². The van der Waals surface area contributed by atoms with E-state index in [1.54, 1.807) is 7.11 Å². The zero-order valence-electron chi connectivity index (χ0n) is 11.8. The van der Waals surface area contributed by atoms with Crippen LogP contribution in [0, 0.1) is 0 Å². The summed E-state index contributed by atoms with van der Waals surface area (Å²) in [5, 5.41) is 7.45. The van der Waals surface area contributed by atoms with Crippen molar-refractivity contribution in [1.29, 1.82) is 0 Å². The number of rotatable bonds is 4. The molecule has 0 amide bonds.